The number of benzene rings is 2. The van der Waals surface area contributed by atoms with E-state index in [0.29, 0.717) is 22.6 Å². The van der Waals surface area contributed by atoms with E-state index in [4.69, 9.17) is 9.15 Å². The van der Waals surface area contributed by atoms with Crippen molar-refractivity contribution in [2.45, 2.75) is 44.6 Å². The van der Waals surface area contributed by atoms with Gasteiger partial charge < -0.3 is 18.8 Å². The standard InChI is InChI=1S/C28H29FN2O5S/c1-28(2,3)37(34)31-24(16-29)23-14-19(8-10-30-23)22-13-18(12-21-9-11-35-27(21)22)17-36-25-7-5-4-6-20(25)15-26(32)33/h4-14,24,31H,15-17H2,1-3H3,(H,32,33)/t24-,37+/m1/s1. The summed E-state index contributed by atoms with van der Waals surface area (Å²) in [5.74, 6) is -0.423. The van der Waals surface area contributed by atoms with Gasteiger partial charge in [-0.2, -0.15) is 0 Å². The number of hydrogen-bond acceptors (Lipinski definition) is 6. The molecule has 0 saturated heterocycles. The molecule has 2 atom stereocenters. The Morgan fingerprint density at radius 1 is 1.22 bits per heavy atom. The number of halogens is 1. The maximum atomic E-state index is 14.0. The summed E-state index contributed by atoms with van der Waals surface area (Å²) in [4.78, 5) is 15.5. The first kappa shape index (κ1) is 26.7. The Hall–Kier alpha value is -3.40. The summed E-state index contributed by atoms with van der Waals surface area (Å²) in [6.07, 6.45) is 3.06. The number of carbonyl (C=O) groups is 1. The Kier molecular flexibility index (Phi) is 8.16. The van der Waals surface area contributed by atoms with Crippen molar-refractivity contribution in [2.24, 2.45) is 0 Å². The van der Waals surface area contributed by atoms with Gasteiger partial charge >= 0.3 is 5.97 Å². The molecule has 0 bridgehead atoms. The molecule has 194 valence electrons. The van der Waals surface area contributed by atoms with Crippen LogP contribution in [0.25, 0.3) is 22.1 Å². The second-order valence-corrected chi connectivity index (χ2v) is 11.6. The largest absolute Gasteiger partial charge is 0.598 e. The van der Waals surface area contributed by atoms with Crippen LogP contribution in [0.5, 0.6) is 5.75 Å². The average Bonchev–Trinajstić information content (AvgIpc) is 3.34. The maximum Gasteiger partial charge on any atom is 0.307 e. The van der Waals surface area contributed by atoms with Gasteiger partial charge in [-0.1, -0.05) is 18.2 Å². The van der Waals surface area contributed by atoms with Crippen molar-refractivity contribution in [3.05, 3.63) is 83.9 Å². The number of ether oxygens (including phenoxy) is 1. The predicted octanol–water partition coefficient (Wildman–Crippen LogP) is 5.76. The number of fused-ring (bicyclic) bond motifs is 1. The van der Waals surface area contributed by atoms with Gasteiger partial charge in [0.2, 0.25) is 0 Å². The molecule has 4 aromatic rings. The summed E-state index contributed by atoms with van der Waals surface area (Å²) in [5.41, 5.74) is 4.08. The van der Waals surface area contributed by atoms with Crippen molar-refractivity contribution < 1.29 is 28.0 Å². The summed E-state index contributed by atoms with van der Waals surface area (Å²) in [7, 11) is 0. The highest BCUT2D eigenvalue weighted by atomic mass is 32.2. The fourth-order valence-electron chi connectivity index (χ4n) is 3.84. The zero-order valence-electron chi connectivity index (χ0n) is 20.9. The number of alkyl halides is 1. The highest BCUT2D eigenvalue weighted by Gasteiger charge is 2.30. The number of rotatable bonds is 10. The molecule has 2 N–H and O–H groups in total. The molecular weight excluding hydrogens is 495 g/mol. The molecule has 0 aliphatic carbocycles. The molecule has 0 unspecified atom stereocenters. The second kappa shape index (κ2) is 11.3. The monoisotopic (exact) mass is 524 g/mol. The van der Waals surface area contributed by atoms with Crippen LogP contribution in [0, 0.1) is 0 Å². The number of para-hydroxylation sites is 1. The van der Waals surface area contributed by atoms with E-state index in [2.05, 4.69) is 9.71 Å². The summed E-state index contributed by atoms with van der Waals surface area (Å²) < 4.78 is 40.6. The Bertz CT molecular complexity index is 1380. The molecule has 2 aromatic carbocycles. The summed E-state index contributed by atoms with van der Waals surface area (Å²) in [6.45, 7) is 4.89. The smallest absolute Gasteiger partial charge is 0.307 e. The third-order valence-corrected chi connectivity index (χ3v) is 7.34. The first-order chi connectivity index (χ1) is 17.7. The van der Waals surface area contributed by atoms with Crippen LogP contribution in [0.4, 0.5) is 4.39 Å². The molecule has 0 saturated carbocycles. The molecule has 0 aliphatic rings. The van der Waals surface area contributed by atoms with Gasteiger partial charge in [-0.25, -0.2) is 4.39 Å². The number of hydrogen-bond donors (Lipinski definition) is 2. The molecule has 0 aliphatic heterocycles. The van der Waals surface area contributed by atoms with E-state index >= 15 is 0 Å². The highest BCUT2D eigenvalue weighted by Crippen LogP contribution is 2.33. The van der Waals surface area contributed by atoms with Crippen LogP contribution in [0.2, 0.25) is 0 Å². The van der Waals surface area contributed by atoms with Crippen LogP contribution in [-0.2, 0) is 29.2 Å². The quantitative estimate of drug-likeness (QED) is 0.254. The van der Waals surface area contributed by atoms with Crippen molar-refractivity contribution in [1.29, 1.82) is 0 Å². The molecule has 0 fully saturated rings. The van der Waals surface area contributed by atoms with Crippen molar-refractivity contribution in [2.75, 3.05) is 6.67 Å². The number of carboxylic acids is 1. The average molecular weight is 525 g/mol. The van der Waals surface area contributed by atoms with E-state index in [9.17, 15) is 18.8 Å². The molecule has 0 spiro atoms. The SMILES string of the molecule is CC(C)(C)[S@+]([O-])N[C@H](CF)c1cc(-c2cc(COc3ccccc3CC(=O)O)cc3ccoc23)ccn1. The van der Waals surface area contributed by atoms with Crippen molar-refractivity contribution in [1.82, 2.24) is 9.71 Å². The zero-order chi connectivity index (χ0) is 26.6. The third kappa shape index (κ3) is 6.49. The van der Waals surface area contributed by atoms with Crippen LogP contribution in [0.3, 0.4) is 0 Å². The van der Waals surface area contributed by atoms with E-state index in [1.54, 1.807) is 42.8 Å². The minimum atomic E-state index is -1.47. The van der Waals surface area contributed by atoms with Crippen molar-refractivity contribution >= 4 is 28.3 Å². The fraction of sp³-hybridized carbons (Fsp3) is 0.286. The lowest BCUT2D eigenvalue weighted by Crippen LogP contribution is -2.42. The van der Waals surface area contributed by atoms with Crippen LogP contribution in [0.15, 0.2) is 71.5 Å². The van der Waals surface area contributed by atoms with Gasteiger partial charge in [0.05, 0.1) is 18.4 Å². The van der Waals surface area contributed by atoms with Crippen LogP contribution in [-0.4, -0.2) is 32.0 Å². The van der Waals surface area contributed by atoms with Gasteiger partial charge in [0, 0.05) is 34.1 Å². The normalized spacial score (nSPS) is 13.4. The number of pyridine rings is 1. The molecule has 0 amide bonds. The topological polar surface area (TPSA) is 108 Å². The molecule has 2 heterocycles. The number of aromatic nitrogens is 1. The number of carboxylic acid groups (broad SMARTS) is 1. The number of nitrogens with one attached hydrogen (secondary N) is 1. The van der Waals surface area contributed by atoms with Gasteiger partial charge in [-0.15, -0.1) is 4.72 Å². The first-order valence-electron chi connectivity index (χ1n) is 11.8. The summed E-state index contributed by atoms with van der Waals surface area (Å²) in [6, 6.07) is 15.5. The number of furan rings is 1. The van der Waals surface area contributed by atoms with Crippen molar-refractivity contribution in [3.63, 3.8) is 0 Å². The summed E-state index contributed by atoms with van der Waals surface area (Å²) in [5, 5.41) is 10.0. The van der Waals surface area contributed by atoms with Gasteiger partial charge in [0.15, 0.2) is 0 Å². The number of nitrogens with zero attached hydrogens (tertiary/aromatic N) is 1. The van der Waals surface area contributed by atoms with Gasteiger partial charge in [0.1, 0.15) is 35.4 Å². The molecule has 0 radical (unpaired) electrons. The first-order valence-corrected chi connectivity index (χ1v) is 12.9. The summed E-state index contributed by atoms with van der Waals surface area (Å²) >= 11 is -1.47. The fourth-order valence-corrected chi connectivity index (χ4v) is 4.64. The Morgan fingerprint density at radius 3 is 2.73 bits per heavy atom. The minimum Gasteiger partial charge on any atom is -0.598 e. The van der Waals surface area contributed by atoms with Gasteiger partial charge in [0.25, 0.3) is 0 Å². The Morgan fingerprint density at radius 2 is 2.00 bits per heavy atom. The maximum absolute atomic E-state index is 14.0. The predicted molar refractivity (Wildman–Crippen MR) is 141 cm³/mol. The Labute approximate surface area is 218 Å². The van der Waals surface area contributed by atoms with Gasteiger partial charge in [-0.3, -0.25) is 9.78 Å². The zero-order valence-corrected chi connectivity index (χ0v) is 21.7. The van der Waals surface area contributed by atoms with Crippen LogP contribution in [0.1, 0.15) is 43.6 Å². The van der Waals surface area contributed by atoms with E-state index < -0.39 is 34.8 Å². The Balaban J connectivity index is 1.64. The van der Waals surface area contributed by atoms with Crippen LogP contribution < -0.4 is 9.46 Å². The molecule has 9 heteroatoms. The third-order valence-electron chi connectivity index (χ3n) is 5.73. The lowest BCUT2D eigenvalue weighted by molar-refractivity contribution is -0.136. The van der Waals surface area contributed by atoms with Gasteiger partial charge in [-0.05, 0) is 68.3 Å². The van der Waals surface area contributed by atoms with E-state index in [0.717, 1.165) is 22.1 Å². The minimum absolute atomic E-state index is 0.133. The molecule has 37 heavy (non-hydrogen) atoms. The second-order valence-electron chi connectivity index (χ2n) is 9.62. The lowest BCUT2D eigenvalue weighted by Gasteiger charge is -2.26. The molecule has 2 aromatic heterocycles. The molecule has 4 rings (SSSR count). The van der Waals surface area contributed by atoms with Crippen molar-refractivity contribution in [3.8, 4) is 16.9 Å². The highest BCUT2D eigenvalue weighted by molar-refractivity contribution is 7.90. The molecular formula is C28H29FN2O5S. The number of aliphatic carboxylic acids is 1. The lowest BCUT2D eigenvalue weighted by atomic mass is 10.00. The van der Waals surface area contributed by atoms with Crippen LogP contribution >= 0.6 is 0 Å². The van der Waals surface area contributed by atoms with E-state index in [-0.39, 0.29) is 13.0 Å². The van der Waals surface area contributed by atoms with E-state index in [1.165, 1.54) is 0 Å². The van der Waals surface area contributed by atoms with E-state index in [1.807, 2.05) is 45.0 Å². The molecule has 7 nitrogen and oxygen atoms in total.